The van der Waals surface area contributed by atoms with Gasteiger partial charge >= 0.3 is 0 Å². The Hall–Kier alpha value is -0.0800. The van der Waals surface area contributed by atoms with Gasteiger partial charge in [0.05, 0.1) is 12.7 Å². The Morgan fingerprint density at radius 3 is 2.50 bits per heavy atom. The average Bonchev–Trinajstić information content (AvgIpc) is 2.87. The van der Waals surface area contributed by atoms with E-state index in [0.717, 1.165) is 43.5 Å². The van der Waals surface area contributed by atoms with Gasteiger partial charge in [-0.05, 0) is 42.9 Å². The van der Waals surface area contributed by atoms with Crippen molar-refractivity contribution in [3.63, 3.8) is 0 Å². The summed E-state index contributed by atoms with van der Waals surface area (Å²) < 4.78 is 11.4. The highest BCUT2D eigenvalue weighted by molar-refractivity contribution is 4.80. The van der Waals surface area contributed by atoms with Crippen LogP contribution in [0.5, 0.6) is 0 Å². The molecule has 2 nitrogen and oxygen atoms in total. The van der Waals surface area contributed by atoms with E-state index >= 15 is 0 Å². The highest BCUT2D eigenvalue weighted by Crippen LogP contribution is 2.33. The molecule has 0 bridgehead atoms. The molecule has 4 unspecified atom stereocenters. The van der Waals surface area contributed by atoms with Crippen molar-refractivity contribution in [2.45, 2.75) is 46.1 Å². The number of hydrogen-bond donors (Lipinski definition) is 0. The van der Waals surface area contributed by atoms with Gasteiger partial charge in [0.2, 0.25) is 0 Å². The number of hydrogen-bond acceptors (Lipinski definition) is 2. The van der Waals surface area contributed by atoms with Gasteiger partial charge in [-0.3, -0.25) is 0 Å². The predicted octanol–water partition coefficient (Wildman–Crippen LogP) is 3.11. The maximum absolute atomic E-state index is 5.92. The van der Waals surface area contributed by atoms with Crippen LogP contribution in [0.3, 0.4) is 0 Å². The van der Waals surface area contributed by atoms with Crippen LogP contribution >= 0.6 is 0 Å². The Morgan fingerprint density at radius 1 is 1.12 bits per heavy atom. The Labute approximate surface area is 99.7 Å². The van der Waals surface area contributed by atoms with Crippen molar-refractivity contribution in [3.8, 4) is 0 Å². The quantitative estimate of drug-likeness (QED) is 0.733. The largest absolute Gasteiger partial charge is 0.381 e. The van der Waals surface area contributed by atoms with Gasteiger partial charge in [-0.25, -0.2) is 0 Å². The van der Waals surface area contributed by atoms with Crippen LogP contribution in [0.25, 0.3) is 0 Å². The van der Waals surface area contributed by atoms with Crippen molar-refractivity contribution in [2.75, 3.05) is 19.8 Å². The first-order valence-corrected chi connectivity index (χ1v) is 6.86. The summed E-state index contributed by atoms with van der Waals surface area (Å²) in [6, 6.07) is 0. The molecule has 2 saturated heterocycles. The molecule has 0 aromatic heterocycles. The molecule has 2 rings (SSSR count). The fraction of sp³-hybridized carbons (Fsp3) is 1.00. The Morgan fingerprint density at radius 2 is 1.94 bits per heavy atom. The van der Waals surface area contributed by atoms with Crippen LogP contribution < -0.4 is 0 Å². The first-order chi connectivity index (χ1) is 7.66. The zero-order valence-electron chi connectivity index (χ0n) is 10.9. The summed E-state index contributed by atoms with van der Waals surface area (Å²) in [6.45, 7) is 9.91. The molecule has 0 amide bonds. The molecule has 0 saturated carbocycles. The second-order valence-corrected chi connectivity index (χ2v) is 6.03. The van der Waals surface area contributed by atoms with E-state index < -0.39 is 0 Å². The lowest BCUT2D eigenvalue weighted by molar-refractivity contribution is 0.0756. The Kier molecular flexibility index (Phi) is 4.26. The number of rotatable bonds is 4. The van der Waals surface area contributed by atoms with Crippen molar-refractivity contribution >= 4 is 0 Å². The lowest BCUT2D eigenvalue weighted by Gasteiger charge is -2.21. The number of ether oxygens (including phenoxy) is 2. The van der Waals surface area contributed by atoms with Crippen molar-refractivity contribution in [1.29, 1.82) is 0 Å². The van der Waals surface area contributed by atoms with Gasteiger partial charge in [0.15, 0.2) is 0 Å². The molecule has 94 valence electrons. The van der Waals surface area contributed by atoms with Gasteiger partial charge in [-0.2, -0.15) is 0 Å². The maximum Gasteiger partial charge on any atom is 0.0581 e. The molecular weight excluding hydrogens is 200 g/mol. The van der Waals surface area contributed by atoms with E-state index in [1.807, 2.05) is 0 Å². The third-order valence-electron chi connectivity index (χ3n) is 4.46. The molecule has 2 aliphatic heterocycles. The van der Waals surface area contributed by atoms with Crippen LogP contribution in [0.4, 0.5) is 0 Å². The monoisotopic (exact) mass is 226 g/mol. The molecule has 2 aliphatic rings. The molecule has 2 heterocycles. The SMILES string of the molecule is CC(C)C1COC(CC(C)C2CCOC2)C1. The first-order valence-electron chi connectivity index (χ1n) is 6.86. The minimum absolute atomic E-state index is 0.517. The van der Waals surface area contributed by atoms with Crippen LogP contribution in [0.2, 0.25) is 0 Å². The summed E-state index contributed by atoms with van der Waals surface area (Å²) in [5.74, 6) is 3.10. The van der Waals surface area contributed by atoms with Gasteiger partial charge in [0.25, 0.3) is 0 Å². The van der Waals surface area contributed by atoms with Gasteiger partial charge in [-0.1, -0.05) is 20.8 Å². The second-order valence-electron chi connectivity index (χ2n) is 6.03. The van der Waals surface area contributed by atoms with E-state index in [0.29, 0.717) is 6.10 Å². The van der Waals surface area contributed by atoms with Crippen molar-refractivity contribution in [1.82, 2.24) is 0 Å². The summed E-state index contributed by atoms with van der Waals surface area (Å²) >= 11 is 0. The molecule has 0 aromatic carbocycles. The molecular formula is C14H26O2. The van der Waals surface area contributed by atoms with E-state index in [1.165, 1.54) is 19.3 Å². The van der Waals surface area contributed by atoms with Gasteiger partial charge in [0, 0.05) is 13.2 Å². The third kappa shape index (κ3) is 2.98. The van der Waals surface area contributed by atoms with E-state index in [-0.39, 0.29) is 0 Å². The zero-order valence-corrected chi connectivity index (χ0v) is 10.9. The van der Waals surface area contributed by atoms with Crippen LogP contribution in [-0.2, 0) is 9.47 Å². The summed E-state index contributed by atoms with van der Waals surface area (Å²) in [5, 5.41) is 0. The van der Waals surface area contributed by atoms with Gasteiger partial charge in [-0.15, -0.1) is 0 Å². The van der Waals surface area contributed by atoms with Crippen molar-refractivity contribution in [2.24, 2.45) is 23.7 Å². The molecule has 0 aromatic rings. The molecule has 2 heteroatoms. The summed E-state index contributed by atoms with van der Waals surface area (Å²) in [4.78, 5) is 0. The summed E-state index contributed by atoms with van der Waals surface area (Å²) in [7, 11) is 0. The lowest BCUT2D eigenvalue weighted by Crippen LogP contribution is -2.18. The standard InChI is InChI=1S/C14H26O2/c1-10(2)13-7-14(16-9-13)6-11(3)12-4-5-15-8-12/h10-14H,4-9H2,1-3H3. The smallest absolute Gasteiger partial charge is 0.0581 e. The predicted molar refractivity (Wildman–Crippen MR) is 65.4 cm³/mol. The molecule has 0 N–H and O–H groups in total. The molecule has 4 atom stereocenters. The van der Waals surface area contributed by atoms with Crippen LogP contribution in [-0.4, -0.2) is 25.9 Å². The van der Waals surface area contributed by atoms with Crippen molar-refractivity contribution in [3.05, 3.63) is 0 Å². The fourth-order valence-electron chi connectivity index (χ4n) is 2.97. The molecule has 2 fully saturated rings. The molecule has 16 heavy (non-hydrogen) atoms. The van der Waals surface area contributed by atoms with E-state index in [1.54, 1.807) is 0 Å². The van der Waals surface area contributed by atoms with E-state index in [9.17, 15) is 0 Å². The van der Waals surface area contributed by atoms with E-state index in [2.05, 4.69) is 20.8 Å². The third-order valence-corrected chi connectivity index (χ3v) is 4.46. The molecule has 0 spiro atoms. The first kappa shape index (κ1) is 12.4. The van der Waals surface area contributed by atoms with Crippen LogP contribution in [0, 0.1) is 23.7 Å². The zero-order chi connectivity index (χ0) is 11.5. The highest BCUT2D eigenvalue weighted by atomic mass is 16.5. The fourth-order valence-corrected chi connectivity index (χ4v) is 2.97. The Balaban J connectivity index is 1.73. The van der Waals surface area contributed by atoms with Crippen molar-refractivity contribution < 1.29 is 9.47 Å². The second kappa shape index (κ2) is 5.50. The lowest BCUT2D eigenvalue weighted by atomic mass is 9.85. The topological polar surface area (TPSA) is 18.5 Å². The van der Waals surface area contributed by atoms with Gasteiger partial charge < -0.3 is 9.47 Å². The minimum Gasteiger partial charge on any atom is -0.381 e. The van der Waals surface area contributed by atoms with E-state index in [4.69, 9.17) is 9.47 Å². The normalized spacial score (nSPS) is 37.1. The highest BCUT2D eigenvalue weighted by Gasteiger charge is 2.31. The van der Waals surface area contributed by atoms with Crippen LogP contribution in [0.15, 0.2) is 0 Å². The van der Waals surface area contributed by atoms with Crippen LogP contribution in [0.1, 0.15) is 40.0 Å². The van der Waals surface area contributed by atoms with Gasteiger partial charge in [0.1, 0.15) is 0 Å². The Bertz CT molecular complexity index is 209. The molecule has 0 aliphatic carbocycles. The average molecular weight is 226 g/mol. The summed E-state index contributed by atoms with van der Waals surface area (Å²) in [6.07, 6.45) is 4.27. The summed E-state index contributed by atoms with van der Waals surface area (Å²) in [5.41, 5.74) is 0. The molecule has 0 radical (unpaired) electrons. The minimum atomic E-state index is 0.517. The maximum atomic E-state index is 5.92.